The third-order valence-corrected chi connectivity index (χ3v) is 7.74. The fourth-order valence-corrected chi connectivity index (χ4v) is 5.71. The molecule has 1 aromatic heterocycles. The van der Waals surface area contributed by atoms with Gasteiger partial charge in [-0.1, -0.05) is 23.8 Å². The summed E-state index contributed by atoms with van der Waals surface area (Å²) in [6.45, 7) is 6.54. The highest BCUT2D eigenvalue weighted by Gasteiger charge is 2.36. The molecule has 2 saturated heterocycles. The van der Waals surface area contributed by atoms with Gasteiger partial charge in [0, 0.05) is 38.9 Å². The van der Waals surface area contributed by atoms with E-state index in [9.17, 15) is 8.42 Å². The first kappa shape index (κ1) is 19.4. The maximum atomic E-state index is 13.2. The second-order valence-electron chi connectivity index (χ2n) is 7.83. The van der Waals surface area contributed by atoms with E-state index in [0.717, 1.165) is 56.0 Å². The SMILES string of the molecule is Cc1ccc(S(=O)(=O)N2CCCC2c2ccc(N3CCN(C)CC3)nc2)cc1. The third kappa shape index (κ3) is 3.79. The highest BCUT2D eigenvalue weighted by Crippen LogP contribution is 2.36. The van der Waals surface area contributed by atoms with E-state index in [2.05, 4.69) is 21.8 Å². The van der Waals surface area contributed by atoms with Crippen molar-refractivity contribution in [1.82, 2.24) is 14.2 Å². The molecule has 2 fully saturated rings. The van der Waals surface area contributed by atoms with Gasteiger partial charge in [-0.3, -0.25) is 0 Å². The number of hydrogen-bond donors (Lipinski definition) is 0. The third-order valence-electron chi connectivity index (χ3n) is 5.81. The lowest BCUT2D eigenvalue weighted by molar-refractivity contribution is 0.312. The first-order valence-electron chi connectivity index (χ1n) is 9.93. The van der Waals surface area contributed by atoms with E-state index in [0.29, 0.717) is 11.4 Å². The molecule has 0 spiro atoms. The van der Waals surface area contributed by atoms with E-state index >= 15 is 0 Å². The van der Waals surface area contributed by atoms with Crippen LogP contribution in [0.1, 0.15) is 30.0 Å². The van der Waals surface area contributed by atoms with Gasteiger partial charge in [0.1, 0.15) is 5.82 Å². The van der Waals surface area contributed by atoms with Crippen LogP contribution in [0.4, 0.5) is 5.82 Å². The number of pyridine rings is 1. The standard InChI is InChI=1S/C21H28N4O2S/c1-17-5-8-19(9-6-17)28(26,27)25-11-3-4-20(25)18-7-10-21(22-16-18)24-14-12-23(2)13-15-24/h5-10,16,20H,3-4,11-15H2,1-2H3. The van der Waals surface area contributed by atoms with Gasteiger partial charge in [-0.25, -0.2) is 13.4 Å². The number of sulfonamides is 1. The molecule has 0 N–H and O–H groups in total. The Morgan fingerprint density at radius 3 is 2.32 bits per heavy atom. The summed E-state index contributed by atoms with van der Waals surface area (Å²) in [5.41, 5.74) is 2.03. The zero-order valence-corrected chi connectivity index (χ0v) is 17.4. The number of hydrogen-bond acceptors (Lipinski definition) is 5. The topological polar surface area (TPSA) is 56.8 Å². The maximum absolute atomic E-state index is 13.2. The summed E-state index contributed by atoms with van der Waals surface area (Å²) in [7, 11) is -1.36. The number of anilines is 1. The Morgan fingerprint density at radius 2 is 1.68 bits per heavy atom. The summed E-state index contributed by atoms with van der Waals surface area (Å²) < 4.78 is 28.0. The number of benzene rings is 1. The van der Waals surface area contributed by atoms with Gasteiger partial charge < -0.3 is 9.80 Å². The Bertz CT molecular complexity index is 904. The Kier molecular flexibility index (Phi) is 5.40. The average molecular weight is 401 g/mol. The van der Waals surface area contributed by atoms with E-state index in [-0.39, 0.29) is 6.04 Å². The minimum absolute atomic E-state index is 0.139. The molecule has 2 aliphatic heterocycles. The highest BCUT2D eigenvalue weighted by atomic mass is 32.2. The quantitative estimate of drug-likeness (QED) is 0.790. The Morgan fingerprint density at radius 1 is 0.964 bits per heavy atom. The fourth-order valence-electron chi connectivity index (χ4n) is 4.02. The predicted octanol–water partition coefficient (Wildman–Crippen LogP) is 2.67. The molecule has 2 aromatic rings. The average Bonchev–Trinajstić information content (AvgIpc) is 3.20. The van der Waals surface area contributed by atoms with Crippen LogP contribution in [0.3, 0.4) is 0 Å². The summed E-state index contributed by atoms with van der Waals surface area (Å²) in [5.74, 6) is 0.975. The monoisotopic (exact) mass is 400 g/mol. The summed E-state index contributed by atoms with van der Waals surface area (Å²) in [5, 5.41) is 0. The Labute approximate surface area is 167 Å². The number of aryl methyl sites for hydroxylation is 1. The second-order valence-corrected chi connectivity index (χ2v) is 9.72. The van der Waals surface area contributed by atoms with Crippen molar-refractivity contribution >= 4 is 15.8 Å². The summed E-state index contributed by atoms with van der Waals surface area (Å²) in [4.78, 5) is 9.63. The number of aromatic nitrogens is 1. The van der Waals surface area contributed by atoms with E-state index in [4.69, 9.17) is 0 Å². The van der Waals surface area contributed by atoms with Gasteiger partial charge >= 0.3 is 0 Å². The molecule has 4 rings (SSSR count). The van der Waals surface area contributed by atoms with Gasteiger partial charge in [0.15, 0.2) is 0 Å². The molecular formula is C21H28N4O2S. The summed E-state index contributed by atoms with van der Waals surface area (Å²) >= 11 is 0. The molecule has 0 radical (unpaired) electrons. The number of nitrogens with zero attached hydrogens (tertiary/aromatic N) is 4. The largest absolute Gasteiger partial charge is 0.354 e. The molecule has 0 saturated carbocycles. The second kappa shape index (κ2) is 7.81. The van der Waals surface area contributed by atoms with Gasteiger partial charge in [-0.2, -0.15) is 4.31 Å². The van der Waals surface area contributed by atoms with E-state index in [1.54, 1.807) is 16.4 Å². The van der Waals surface area contributed by atoms with Crippen LogP contribution < -0.4 is 4.90 Å². The maximum Gasteiger partial charge on any atom is 0.243 e. The van der Waals surface area contributed by atoms with Crippen LogP contribution in [0, 0.1) is 6.92 Å². The van der Waals surface area contributed by atoms with Gasteiger partial charge in [0.2, 0.25) is 10.0 Å². The highest BCUT2D eigenvalue weighted by molar-refractivity contribution is 7.89. The van der Waals surface area contributed by atoms with Gasteiger partial charge in [0.05, 0.1) is 10.9 Å². The van der Waals surface area contributed by atoms with Crippen molar-refractivity contribution in [2.75, 3.05) is 44.7 Å². The zero-order chi connectivity index (χ0) is 19.7. The van der Waals surface area contributed by atoms with Crippen LogP contribution in [0.2, 0.25) is 0 Å². The molecular weight excluding hydrogens is 372 g/mol. The van der Waals surface area contributed by atoms with Gasteiger partial charge in [0.25, 0.3) is 0 Å². The Balaban J connectivity index is 1.54. The molecule has 1 aromatic carbocycles. The lowest BCUT2D eigenvalue weighted by atomic mass is 10.1. The van der Waals surface area contributed by atoms with Crippen molar-refractivity contribution in [3.05, 3.63) is 53.7 Å². The lowest BCUT2D eigenvalue weighted by Gasteiger charge is -2.33. The molecule has 0 aliphatic carbocycles. The molecule has 0 amide bonds. The summed E-state index contributed by atoms with van der Waals surface area (Å²) in [6.07, 6.45) is 3.57. The van der Waals surface area contributed by atoms with Crippen LogP contribution >= 0.6 is 0 Å². The molecule has 150 valence electrons. The van der Waals surface area contributed by atoms with Crippen LogP contribution in [-0.4, -0.2) is 62.4 Å². The molecule has 28 heavy (non-hydrogen) atoms. The molecule has 0 bridgehead atoms. The van der Waals surface area contributed by atoms with E-state index in [1.165, 1.54) is 0 Å². The number of likely N-dealkylation sites (N-methyl/N-ethyl adjacent to an activating group) is 1. The number of rotatable bonds is 4. The first-order valence-corrected chi connectivity index (χ1v) is 11.4. The van der Waals surface area contributed by atoms with Crippen LogP contribution in [0.15, 0.2) is 47.5 Å². The fraction of sp³-hybridized carbons (Fsp3) is 0.476. The molecule has 7 heteroatoms. The molecule has 2 aliphatic rings. The van der Waals surface area contributed by atoms with Gasteiger partial charge in [-0.05, 0) is 50.6 Å². The van der Waals surface area contributed by atoms with E-state index in [1.807, 2.05) is 37.4 Å². The molecule has 1 unspecified atom stereocenters. The minimum atomic E-state index is -3.50. The first-order chi connectivity index (χ1) is 13.4. The van der Waals surface area contributed by atoms with Crippen LogP contribution in [-0.2, 0) is 10.0 Å². The van der Waals surface area contributed by atoms with Crippen LogP contribution in [0.25, 0.3) is 0 Å². The molecule has 6 nitrogen and oxygen atoms in total. The zero-order valence-electron chi connectivity index (χ0n) is 16.6. The van der Waals surface area contributed by atoms with Crippen LogP contribution in [0.5, 0.6) is 0 Å². The van der Waals surface area contributed by atoms with Crippen molar-refractivity contribution in [2.45, 2.75) is 30.7 Å². The molecule has 3 heterocycles. The molecule has 1 atom stereocenters. The van der Waals surface area contributed by atoms with E-state index < -0.39 is 10.0 Å². The van der Waals surface area contributed by atoms with Crippen molar-refractivity contribution in [2.24, 2.45) is 0 Å². The van der Waals surface area contributed by atoms with Crippen molar-refractivity contribution < 1.29 is 8.42 Å². The smallest absolute Gasteiger partial charge is 0.243 e. The number of piperazine rings is 1. The normalized spacial score (nSPS) is 21.9. The van der Waals surface area contributed by atoms with Crippen molar-refractivity contribution in [3.63, 3.8) is 0 Å². The lowest BCUT2D eigenvalue weighted by Crippen LogP contribution is -2.44. The van der Waals surface area contributed by atoms with Crippen molar-refractivity contribution in [1.29, 1.82) is 0 Å². The van der Waals surface area contributed by atoms with Gasteiger partial charge in [-0.15, -0.1) is 0 Å². The summed E-state index contributed by atoms with van der Waals surface area (Å²) in [6, 6.07) is 11.1. The predicted molar refractivity (Wildman–Crippen MR) is 111 cm³/mol. The van der Waals surface area contributed by atoms with Crippen molar-refractivity contribution in [3.8, 4) is 0 Å². The Hall–Kier alpha value is -1.96. The minimum Gasteiger partial charge on any atom is -0.354 e.